The van der Waals surface area contributed by atoms with Gasteiger partial charge in [-0.1, -0.05) is 18.2 Å². The van der Waals surface area contributed by atoms with Crippen LogP contribution in [0.2, 0.25) is 0 Å². The van der Waals surface area contributed by atoms with Crippen molar-refractivity contribution in [3.8, 4) is 5.75 Å². The molecule has 0 bridgehead atoms. The predicted molar refractivity (Wildman–Crippen MR) is 77.8 cm³/mol. The van der Waals surface area contributed by atoms with Crippen LogP contribution >= 0.6 is 11.3 Å². The van der Waals surface area contributed by atoms with Crippen LogP contribution < -0.4 is 10.1 Å². The average Bonchev–Trinajstić information content (AvgIpc) is 2.95. The van der Waals surface area contributed by atoms with Gasteiger partial charge in [0.2, 0.25) is 0 Å². The molecule has 1 heterocycles. The van der Waals surface area contributed by atoms with Gasteiger partial charge < -0.3 is 10.1 Å². The fourth-order valence-corrected chi connectivity index (χ4v) is 2.56. The number of nitrogens with one attached hydrogen (secondary N) is 1. The standard InChI is InChI=1S/C15H16F3NOS/c16-15(17,18)13-5-1-2-6-14(13)20-10-9-19-8-7-12-4-3-11-21-12/h1-6,11,19H,7-10H2. The van der Waals surface area contributed by atoms with Crippen molar-refractivity contribution in [3.05, 3.63) is 52.2 Å². The Kier molecular flexibility index (Phi) is 5.64. The molecule has 0 fully saturated rings. The molecule has 6 heteroatoms. The highest BCUT2D eigenvalue weighted by Gasteiger charge is 2.33. The monoisotopic (exact) mass is 315 g/mol. The van der Waals surface area contributed by atoms with E-state index in [0.717, 1.165) is 19.0 Å². The number of hydrogen-bond donors (Lipinski definition) is 1. The molecule has 2 aromatic rings. The molecular formula is C15H16F3NOS. The van der Waals surface area contributed by atoms with Gasteiger partial charge in [0.1, 0.15) is 12.4 Å². The second-order valence-corrected chi connectivity index (χ2v) is 5.45. The molecule has 0 atom stereocenters. The number of hydrogen-bond acceptors (Lipinski definition) is 3. The summed E-state index contributed by atoms with van der Waals surface area (Å²) in [5, 5.41) is 5.17. The van der Waals surface area contributed by atoms with E-state index in [1.165, 1.54) is 23.1 Å². The maximum absolute atomic E-state index is 12.7. The second-order valence-electron chi connectivity index (χ2n) is 4.42. The Balaban J connectivity index is 1.71. The zero-order valence-corrected chi connectivity index (χ0v) is 12.1. The van der Waals surface area contributed by atoms with Crippen LogP contribution in [0.25, 0.3) is 0 Å². The lowest BCUT2D eigenvalue weighted by atomic mass is 10.2. The predicted octanol–water partition coefficient (Wildman–Crippen LogP) is 3.98. The first-order valence-electron chi connectivity index (χ1n) is 6.59. The minimum absolute atomic E-state index is 0.120. The average molecular weight is 315 g/mol. The normalized spacial score (nSPS) is 11.6. The van der Waals surface area contributed by atoms with E-state index in [4.69, 9.17) is 4.74 Å². The van der Waals surface area contributed by atoms with Crippen molar-refractivity contribution in [2.75, 3.05) is 19.7 Å². The summed E-state index contributed by atoms with van der Waals surface area (Å²) in [6.07, 6.45) is -3.47. The van der Waals surface area contributed by atoms with Gasteiger partial charge in [0.05, 0.1) is 5.56 Å². The number of ether oxygens (including phenoxy) is 1. The summed E-state index contributed by atoms with van der Waals surface area (Å²) < 4.78 is 43.4. The zero-order chi connectivity index (χ0) is 15.1. The summed E-state index contributed by atoms with van der Waals surface area (Å²) in [5.74, 6) is -0.120. The van der Waals surface area contributed by atoms with Gasteiger partial charge in [-0.2, -0.15) is 13.2 Å². The minimum Gasteiger partial charge on any atom is -0.492 e. The van der Waals surface area contributed by atoms with E-state index in [0.29, 0.717) is 6.54 Å². The quantitative estimate of drug-likeness (QED) is 0.780. The van der Waals surface area contributed by atoms with Gasteiger partial charge in [-0.05, 0) is 30.0 Å². The summed E-state index contributed by atoms with van der Waals surface area (Å²) in [5.41, 5.74) is -0.733. The lowest BCUT2D eigenvalue weighted by molar-refractivity contribution is -0.138. The summed E-state index contributed by atoms with van der Waals surface area (Å²) in [4.78, 5) is 1.28. The van der Waals surface area contributed by atoms with Crippen LogP contribution in [-0.2, 0) is 12.6 Å². The van der Waals surface area contributed by atoms with Crippen molar-refractivity contribution in [3.63, 3.8) is 0 Å². The number of alkyl halides is 3. The van der Waals surface area contributed by atoms with Crippen LogP contribution in [0.3, 0.4) is 0 Å². The van der Waals surface area contributed by atoms with Crippen LogP contribution in [0, 0.1) is 0 Å². The maximum atomic E-state index is 12.7. The number of thiophene rings is 1. The van der Waals surface area contributed by atoms with Crippen molar-refractivity contribution in [2.45, 2.75) is 12.6 Å². The molecule has 0 saturated carbocycles. The second kappa shape index (κ2) is 7.47. The van der Waals surface area contributed by atoms with Crippen molar-refractivity contribution < 1.29 is 17.9 Å². The summed E-state index contributed by atoms with van der Waals surface area (Å²) in [6.45, 7) is 1.50. The van der Waals surface area contributed by atoms with Crippen LogP contribution in [0.5, 0.6) is 5.75 Å². The van der Waals surface area contributed by atoms with Gasteiger partial charge in [0.15, 0.2) is 0 Å². The molecule has 0 aliphatic carbocycles. The van der Waals surface area contributed by atoms with Crippen LogP contribution in [0.15, 0.2) is 41.8 Å². The molecule has 2 rings (SSSR count). The van der Waals surface area contributed by atoms with Gasteiger partial charge in [-0.15, -0.1) is 11.3 Å². The molecule has 0 unspecified atom stereocenters. The number of rotatable bonds is 7. The van der Waals surface area contributed by atoms with Gasteiger partial charge >= 0.3 is 6.18 Å². The molecule has 0 radical (unpaired) electrons. The summed E-state index contributed by atoms with van der Waals surface area (Å²) in [7, 11) is 0. The molecule has 1 aromatic carbocycles. The molecule has 1 N–H and O–H groups in total. The Bertz CT molecular complexity index is 540. The molecule has 0 aliphatic heterocycles. The van der Waals surface area contributed by atoms with E-state index >= 15 is 0 Å². The van der Waals surface area contributed by atoms with E-state index in [1.807, 2.05) is 11.4 Å². The fourth-order valence-electron chi connectivity index (χ4n) is 1.85. The number of para-hydroxylation sites is 1. The Morgan fingerprint density at radius 3 is 2.57 bits per heavy atom. The Morgan fingerprint density at radius 1 is 1.05 bits per heavy atom. The fraction of sp³-hybridized carbons (Fsp3) is 0.333. The molecule has 0 aliphatic rings. The highest BCUT2D eigenvalue weighted by Crippen LogP contribution is 2.35. The van der Waals surface area contributed by atoms with Gasteiger partial charge in [-0.3, -0.25) is 0 Å². The van der Waals surface area contributed by atoms with Gasteiger partial charge in [0, 0.05) is 18.0 Å². The van der Waals surface area contributed by atoms with Gasteiger partial charge in [-0.25, -0.2) is 0 Å². The van der Waals surface area contributed by atoms with E-state index < -0.39 is 11.7 Å². The van der Waals surface area contributed by atoms with E-state index in [9.17, 15) is 13.2 Å². The van der Waals surface area contributed by atoms with Crippen LogP contribution in [0.4, 0.5) is 13.2 Å². The molecule has 0 spiro atoms. The SMILES string of the molecule is FC(F)(F)c1ccccc1OCCNCCc1cccs1. The molecule has 0 amide bonds. The maximum Gasteiger partial charge on any atom is 0.419 e. The number of benzene rings is 1. The lowest BCUT2D eigenvalue weighted by Gasteiger charge is -2.13. The highest BCUT2D eigenvalue weighted by molar-refractivity contribution is 7.09. The Morgan fingerprint density at radius 2 is 1.86 bits per heavy atom. The smallest absolute Gasteiger partial charge is 0.419 e. The molecule has 21 heavy (non-hydrogen) atoms. The van der Waals surface area contributed by atoms with E-state index in [2.05, 4.69) is 11.4 Å². The third-order valence-corrected chi connectivity index (χ3v) is 3.79. The van der Waals surface area contributed by atoms with Crippen molar-refractivity contribution >= 4 is 11.3 Å². The summed E-state index contributed by atoms with van der Waals surface area (Å²) >= 11 is 1.69. The minimum atomic E-state index is -4.39. The van der Waals surface area contributed by atoms with Gasteiger partial charge in [0.25, 0.3) is 0 Å². The Labute approximate surface area is 125 Å². The van der Waals surface area contributed by atoms with E-state index in [1.54, 1.807) is 11.3 Å². The first-order valence-corrected chi connectivity index (χ1v) is 7.47. The molecular weight excluding hydrogens is 299 g/mol. The third kappa shape index (κ3) is 5.06. The topological polar surface area (TPSA) is 21.3 Å². The van der Waals surface area contributed by atoms with Crippen LogP contribution in [-0.4, -0.2) is 19.7 Å². The lowest BCUT2D eigenvalue weighted by Crippen LogP contribution is -2.23. The molecule has 2 nitrogen and oxygen atoms in total. The highest BCUT2D eigenvalue weighted by atomic mass is 32.1. The molecule has 0 saturated heterocycles. The van der Waals surface area contributed by atoms with Crippen molar-refractivity contribution in [1.82, 2.24) is 5.32 Å². The summed E-state index contributed by atoms with van der Waals surface area (Å²) in [6, 6.07) is 9.32. The Hall–Kier alpha value is -1.53. The first kappa shape index (κ1) is 15.9. The van der Waals surface area contributed by atoms with E-state index in [-0.39, 0.29) is 12.4 Å². The van der Waals surface area contributed by atoms with Crippen LogP contribution in [0.1, 0.15) is 10.4 Å². The largest absolute Gasteiger partial charge is 0.492 e. The van der Waals surface area contributed by atoms with Crippen molar-refractivity contribution in [2.24, 2.45) is 0 Å². The molecule has 1 aromatic heterocycles. The van der Waals surface area contributed by atoms with Crippen molar-refractivity contribution in [1.29, 1.82) is 0 Å². The number of halogens is 3. The third-order valence-electron chi connectivity index (χ3n) is 2.86. The first-order chi connectivity index (χ1) is 10.1. The molecule has 114 valence electrons. The zero-order valence-electron chi connectivity index (χ0n) is 11.3.